The van der Waals surface area contributed by atoms with Crippen LogP contribution in [-0.4, -0.2) is 63.8 Å². The van der Waals surface area contributed by atoms with Gasteiger partial charge in [-0.15, -0.1) is 0 Å². The molecule has 10 heteroatoms. The molecule has 0 aromatic carbocycles. The molecular weight excluding hydrogens is 398 g/mol. The Kier molecular flexibility index (Phi) is 6.60. The summed E-state index contributed by atoms with van der Waals surface area (Å²) in [5.74, 6) is 0.735. The zero-order chi connectivity index (χ0) is 20.5. The largest absolute Gasteiger partial charge is 0.394 e. The van der Waals surface area contributed by atoms with Crippen LogP contribution in [0.25, 0.3) is 11.2 Å². The van der Waals surface area contributed by atoms with Crippen LogP contribution in [0.5, 0.6) is 0 Å². The van der Waals surface area contributed by atoms with Crippen LogP contribution >= 0.6 is 11.6 Å². The number of unbranched alkanes of at least 4 members (excludes halogenated alkanes) is 2. The molecule has 3 atom stereocenters. The number of aromatic nitrogens is 4. The van der Waals surface area contributed by atoms with Gasteiger partial charge in [0.25, 0.3) is 0 Å². The minimum atomic E-state index is -1.74. The zero-order valence-electron chi connectivity index (χ0n) is 17.0. The number of rotatable bonds is 8. The van der Waals surface area contributed by atoms with Gasteiger partial charge in [0.1, 0.15) is 17.8 Å². The summed E-state index contributed by atoms with van der Waals surface area (Å²) in [7, 11) is 0.318. The monoisotopic (exact) mass is 427 g/mol. The summed E-state index contributed by atoms with van der Waals surface area (Å²) in [5.41, 5.74) is 1.25. The van der Waals surface area contributed by atoms with Crippen LogP contribution in [0.1, 0.15) is 38.8 Å². The first-order chi connectivity index (χ1) is 13.3. The highest BCUT2D eigenvalue weighted by atomic mass is 35.5. The minimum Gasteiger partial charge on any atom is -0.394 e. The second-order valence-corrected chi connectivity index (χ2v) is 13.2. The van der Waals surface area contributed by atoms with Crippen molar-refractivity contribution in [1.29, 1.82) is 0 Å². The Bertz CT molecular complexity index is 818. The van der Waals surface area contributed by atoms with Crippen molar-refractivity contribution in [2.45, 2.75) is 70.2 Å². The standard InChI is InChI=1S/C18H30ClN5O3Si/c1-5-6-7-8-28(3,4)23(2)16-15-17(22-18(19)21-16)24(11-20-15)14-9-12(26)13(10-25)27-14/h11-14,25-26H,5-10H2,1-4H3. The quantitative estimate of drug-likeness (QED) is 0.379. The van der Waals surface area contributed by atoms with Gasteiger partial charge in [0, 0.05) is 6.42 Å². The second kappa shape index (κ2) is 8.62. The summed E-state index contributed by atoms with van der Waals surface area (Å²) in [5, 5.41) is 19.6. The number of anilines is 1. The number of aliphatic hydroxyl groups is 2. The topological polar surface area (TPSA) is 96.5 Å². The lowest BCUT2D eigenvalue weighted by atomic mass is 10.2. The van der Waals surface area contributed by atoms with Gasteiger partial charge in [0.15, 0.2) is 19.7 Å². The number of hydrogen-bond acceptors (Lipinski definition) is 7. The van der Waals surface area contributed by atoms with E-state index in [0.717, 1.165) is 11.9 Å². The summed E-state index contributed by atoms with van der Waals surface area (Å²) >= 11 is 6.26. The molecule has 8 nitrogen and oxygen atoms in total. The van der Waals surface area contributed by atoms with E-state index in [9.17, 15) is 10.2 Å². The van der Waals surface area contributed by atoms with E-state index in [1.54, 1.807) is 10.9 Å². The van der Waals surface area contributed by atoms with E-state index in [2.05, 4.69) is 46.6 Å². The SMILES string of the molecule is CCCCC[Si](C)(C)N(C)c1nc(Cl)nc2c1ncn2C1CC(O)C(CO)O1. The maximum absolute atomic E-state index is 10.1. The Balaban J connectivity index is 1.94. The Morgan fingerprint density at radius 3 is 2.75 bits per heavy atom. The molecule has 1 aliphatic rings. The number of ether oxygens (including phenoxy) is 1. The fourth-order valence-electron chi connectivity index (χ4n) is 3.63. The zero-order valence-corrected chi connectivity index (χ0v) is 18.7. The van der Waals surface area contributed by atoms with Gasteiger partial charge in [-0.1, -0.05) is 39.3 Å². The Hall–Kier alpha value is -1.26. The fourth-order valence-corrected chi connectivity index (χ4v) is 5.97. The van der Waals surface area contributed by atoms with E-state index in [1.165, 1.54) is 19.3 Å². The molecule has 0 saturated carbocycles. The summed E-state index contributed by atoms with van der Waals surface area (Å²) < 4.78 is 9.78. The maximum atomic E-state index is 10.1. The molecule has 2 N–H and O–H groups in total. The number of aliphatic hydroxyl groups excluding tert-OH is 2. The third-order valence-electron chi connectivity index (χ3n) is 5.69. The van der Waals surface area contributed by atoms with Crippen LogP contribution in [0.3, 0.4) is 0 Å². The van der Waals surface area contributed by atoms with E-state index in [-0.39, 0.29) is 11.9 Å². The average Bonchev–Trinajstić information content (AvgIpc) is 3.23. The van der Waals surface area contributed by atoms with Gasteiger partial charge >= 0.3 is 0 Å². The predicted molar refractivity (Wildman–Crippen MR) is 112 cm³/mol. The predicted octanol–water partition coefficient (Wildman–Crippen LogP) is 2.95. The van der Waals surface area contributed by atoms with Gasteiger partial charge in [0.2, 0.25) is 5.28 Å². The van der Waals surface area contributed by atoms with Gasteiger partial charge in [0.05, 0.1) is 19.0 Å². The van der Waals surface area contributed by atoms with Crippen LogP contribution in [0.15, 0.2) is 6.33 Å². The maximum Gasteiger partial charge on any atom is 0.226 e. The number of hydrogen-bond donors (Lipinski definition) is 2. The molecule has 0 aliphatic carbocycles. The molecule has 156 valence electrons. The Labute approximate surface area is 171 Å². The highest BCUT2D eigenvalue weighted by Crippen LogP contribution is 2.34. The number of fused-ring (bicyclic) bond motifs is 1. The van der Waals surface area contributed by atoms with E-state index < -0.39 is 26.7 Å². The second-order valence-electron chi connectivity index (χ2n) is 8.08. The molecule has 1 fully saturated rings. The van der Waals surface area contributed by atoms with Crippen molar-refractivity contribution in [3.63, 3.8) is 0 Å². The number of nitrogens with zero attached hydrogens (tertiary/aromatic N) is 5. The molecule has 0 spiro atoms. The van der Waals surface area contributed by atoms with Crippen molar-refractivity contribution in [1.82, 2.24) is 19.5 Å². The highest BCUT2D eigenvalue weighted by Gasteiger charge is 2.36. The lowest BCUT2D eigenvalue weighted by Gasteiger charge is -2.35. The first-order valence-electron chi connectivity index (χ1n) is 9.86. The number of imidazole rings is 1. The van der Waals surface area contributed by atoms with Gasteiger partial charge in [-0.2, -0.15) is 9.97 Å². The number of halogens is 1. The van der Waals surface area contributed by atoms with Gasteiger partial charge < -0.3 is 19.5 Å². The lowest BCUT2D eigenvalue weighted by Crippen LogP contribution is -2.46. The molecule has 3 heterocycles. The molecule has 0 bridgehead atoms. The normalized spacial score (nSPS) is 22.9. The summed E-state index contributed by atoms with van der Waals surface area (Å²) in [4.78, 5) is 13.4. The van der Waals surface area contributed by atoms with E-state index in [0.29, 0.717) is 17.6 Å². The minimum absolute atomic E-state index is 0.159. The van der Waals surface area contributed by atoms with Crippen LogP contribution < -0.4 is 4.57 Å². The van der Waals surface area contributed by atoms with Crippen molar-refractivity contribution < 1.29 is 14.9 Å². The summed E-state index contributed by atoms with van der Waals surface area (Å²) in [6.45, 7) is 6.63. The van der Waals surface area contributed by atoms with E-state index in [1.807, 2.05) is 0 Å². The van der Waals surface area contributed by atoms with Crippen molar-refractivity contribution in [3.8, 4) is 0 Å². The molecule has 2 aromatic heterocycles. The molecule has 0 radical (unpaired) electrons. The summed E-state index contributed by atoms with van der Waals surface area (Å²) in [6.07, 6.45) is 3.86. The van der Waals surface area contributed by atoms with Crippen LogP contribution in [0.2, 0.25) is 24.4 Å². The van der Waals surface area contributed by atoms with Crippen molar-refractivity contribution in [3.05, 3.63) is 11.6 Å². The first kappa shape index (κ1) is 21.4. The third kappa shape index (κ3) is 4.18. The molecular formula is C18H30ClN5O3Si. The van der Waals surface area contributed by atoms with Crippen LogP contribution in [0, 0.1) is 0 Å². The molecule has 3 rings (SSSR count). The van der Waals surface area contributed by atoms with Gasteiger partial charge in [-0.25, -0.2) is 4.98 Å². The van der Waals surface area contributed by atoms with Crippen molar-refractivity contribution in [2.24, 2.45) is 0 Å². The molecule has 3 unspecified atom stereocenters. The Morgan fingerprint density at radius 1 is 1.36 bits per heavy atom. The average molecular weight is 428 g/mol. The Morgan fingerprint density at radius 2 is 2.11 bits per heavy atom. The molecule has 0 amide bonds. The van der Waals surface area contributed by atoms with E-state index in [4.69, 9.17) is 16.3 Å². The molecule has 1 saturated heterocycles. The first-order valence-corrected chi connectivity index (χ1v) is 13.4. The lowest BCUT2D eigenvalue weighted by molar-refractivity contribution is -0.0432. The molecule has 1 aliphatic heterocycles. The van der Waals surface area contributed by atoms with Gasteiger partial charge in [-0.05, 0) is 24.7 Å². The molecule has 2 aromatic rings. The fraction of sp³-hybridized carbons (Fsp3) is 0.722. The van der Waals surface area contributed by atoms with Crippen LogP contribution in [0.4, 0.5) is 5.82 Å². The highest BCUT2D eigenvalue weighted by molar-refractivity contribution is 6.81. The van der Waals surface area contributed by atoms with Gasteiger partial charge in [-0.3, -0.25) is 4.57 Å². The van der Waals surface area contributed by atoms with Crippen molar-refractivity contribution >= 4 is 36.8 Å². The van der Waals surface area contributed by atoms with Crippen LogP contribution in [-0.2, 0) is 4.74 Å². The third-order valence-corrected chi connectivity index (χ3v) is 9.46. The van der Waals surface area contributed by atoms with E-state index >= 15 is 0 Å². The molecule has 28 heavy (non-hydrogen) atoms. The smallest absolute Gasteiger partial charge is 0.226 e. The summed E-state index contributed by atoms with van der Waals surface area (Å²) in [6, 6.07) is 1.16. The van der Waals surface area contributed by atoms with Crippen molar-refractivity contribution in [2.75, 3.05) is 18.2 Å².